The monoisotopic (exact) mass is 354 g/mol. The van der Waals surface area contributed by atoms with Gasteiger partial charge in [-0.2, -0.15) is 0 Å². The van der Waals surface area contributed by atoms with Crippen LogP contribution in [-0.4, -0.2) is 55.6 Å². The van der Waals surface area contributed by atoms with Crippen molar-refractivity contribution in [2.45, 2.75) is 13.5 Å². The van der Waals surface area contributed by atoms with E-state index in [1.165, 1.54) is 0 Å². The van der Waals surface area contributed by atoms with Gasteiger partial charge in [-0.1, -0.05) is 19.1 Å². The summed E-state index contributed by atoms with van der Waals surface area (Å²) in [6.07, 6.45) is 3.46. The van der Waals surface area contributed by atoms with Gasteiger partial charge in [0.1, 0.15) is 5.75 Å². The van der Waals surface area contributed by atoms with Gasteiger partial charge in [0, 0.05) is 38.9 Å². The standard InChI is InChI=1S/C20H26N4O2/c1-3-23-8-10-24(11-9-23)18-12-17(14-21-15-18)20(25)22-13-16-4-6-19(26-2)7-5-16/h4-7,12,14-15H,3,8-11,13H2,1-2H3,(H,22,25). The number of nitrogens with zero attached hydrogens (tertiary/aromatic N) is 3. The summed E-state index contributed by atoms with van der Waals surface area (Å²) < 4.78 is 5.15. The highest BCUT2D eigenvalue weighted by Gasteiger charge is 2.17. The minimum Gasteiger partial charge on any atom is -0.497 e. The molecule has 26 heavy (non-hydrogen) atoms. The van der Waals surface area contributed by atoms with E-state index in [-0.39, 0.29) is 5.91 Å². The molecule has 1 aliphatic rings. The fourth-order valence-corrected chi connectivity index (χ4v) is 3.07. The van der Waals surface area contributed by atoms with Gasteiger partial charge in [0.2, 0.25) is 0 Å². The molecular weight excluding hydrogens is 328 g/mol. The molecule has 1 fully saturated rings. The topological polar surface area (TPSA) is 57.7 Å². The SMILES string of the molecule is CCN1CCN(c2cncc(C(=O)NCc3ccc(OC)cc3)c2)CC1. The second kappa shape index (κ2) is 8.67. The van der Waals surface area contributed by atoms with Gasteiger partial charge in [-0.15, -0.1) is 0 Å². The van der Waals surface area contributed by atoms with Crippen LogP contribution in [0, 0.1) is 0 Å². The van der Waals surface area contributed by atoms with Crippen LogP contribution in [-0.2, 0) is 6.54 Å². The predicted molar refractivity (Wildman–Crippen MR) is 103 cm³/mol. The third-order valence-corrected chi connectivity index (χ3v) is 4.78. The normalized spacial score (nSPS) is 14.9. The van der Waals surface area contributed by atoms with Crippen molar-refractivity contribution in [1.82, 2.24) is 15.2 Å². The van der Waals surface area contributed by atoms with Gasteiger partial charge < -0.3 is 19.9 Å². The Labute approximate surface area is 154 Å². The highest BCUT2D eigenvalue weighted by molar-refractivity contribution is 5.94. The van der Waals surface area contributed by atoms with Crippen molar-refractivity contribution < 1.29 is 9.53 Å². The summed E-state index contributed by atoms with van der Waals surface area (Å²) in [4.78, 5) is 21.5. The second-order valence-corrected chi connectivity index (χ2v) is 6.38. The number of amides is 1. The molecule has 1 saturated heterocycles. The maximum Gasteiger partial charge on any atom is 0.253 e. The molecule has 2 aromatic rings. The van der Waals surface area contributed by atoms with Crippen molar-refractivity contribution in [3.8, 4) is 5.75 Å². The first-order valence-corrected chi connectivity index (χ1v) is 9.03. The maximum absolute atomic E-state index is 12.5. The maximum atomic E-state index is 12.5. The number of hydrogen-bond acceptors (Lipinski definition) is 5. The molecule has 0 unspecified atom stereocenters. The summed E-state index contributed by atoms with van der Waals surface area (Å²) in [7, 11) is 1.64. The minimum absolute atomic E-state index is 0.109. The largest absolute Gasteiger partial charge is 0.497 e. The lowest BCUT2D eigenvalue weighted by atomic mass is 10.2. The molecule has 6 heteroatoms. The zero-order chi connectivity index (χ0) is 18.4. The van der Waals surface area contributed by atoms with Crippen molar-refractivity contribution in [3.05, 3.63) is 53.9 Å². The molecule has 1 aromatic heterocycles. The predicted octanol–water partition coefficient (Wildman–Crippen LogP) is 2.16. The number of anilines is 1. The Hall–Kier alpha value is -2.60. The number of carbonyl (C=O) groups excluding carboxylic acids is 1. The molecule has 0 aliphatic carbocycles. The average Bonchev–Trinajstić information content (AvgIpc) is 2.72. The lowest BCUT2D eigenvalue weighted by Gasteiger charge is -2.35. The molecular formula is C20H26N4O2. The molecule has 0 radical (unpaired) electrons. The molecule has 0 saturated carbocycles. The van der Waals surface area contributed by atoms with E-state index in [0.717, 1.165) is 49.7 Å². The van der Waals surface area contributed by atoms with Gasteiger partial charge in [0.25, 0.3) is 5.91 Å². The summed E-state index contributed by atoms with van der Waals surface area (Å²) >= 11 is 0. The van der Waals surface area contributed by atoms with Crippen molar-refractivity contribution in [3.63, 3.8) is 0 Å². The summed E-state index contributed by atoms with van der Waals surface area (Å²) in [6.45, 7) is 7.76. The molecule has 1 aliphatic heterocycles. The van der Waals surface area contributed by atoms with E-state index in [1.807, 2.05) is 36.5 Å². The smallest absolute Gasteiger partial charge is 0.253 e. The first-order valence-electron chi connectivity index (χ1n) is 9.03. The van der Waals surface area contributed by atoms with Crippen molar-refractivity contribution >= 4 is 11.6 Å². The number of benzene rings is 1. The number of pyridine rings is 1. The summed E-state index contributed by atoms with van der Waals surface area (Å²) in [5.41, 5.74) is 2.63. The fourth-order valence-electron chi connectivity index (χ4n) is 3.07. The van der Waals surface area contributed by atoms with Crippen LogP contribution in [0.5, 0.6) is 5.75 Å². The number of methoxy groups -OCH3 is 1. The number of rotatable bonds is 6. The number of likely N-dealkylation sites (N-methyl/N-ethyl adjacent to an activating group) is 1. The van der Waals surface area contributed by atoms with Crippen LogP contribution >= 0.6 is 0 Å². The van der Waals surface area contributed by atoms with Crippen molar-refractivity contribution in [2.75, 3.05) is 44.7 Å². The van der Waals surface area contributed by atoms with Crippen LogP contribution in [0.15, 0.2) is 42.7 Å². The van der Waals surface area contributed by atoms with Gasteiger partial charge in [0.15, 0.2) is 0 Å². The van der Waals surface area contributed by atoms with E-state index < -0.39 is 0 Å². The Morgan fingerprint density at radius 1 is 1.15 bits per heavy atom. The summed E-state index contributed by atoms with van der Waals surface area (Å²) in [5.74, 6) is 0.697. The number of piperazine rings is 1. The Kier molecular flexibility index (Phi) is 6.07. The van der Waals surface area contributed by atoms with Crippen LogP contribution < -0.4 is 15.0 Å². The minimum atomic E-state index is -0.109. The quantitative estimate of drug-likeness (QED) is 0.862. The Morgan fingerprint density at radius 2 is 1.88 bits per heavy atom. The molecule has 0 spiro atoms. The number of ether oxygens (including phenoxy) is 1. The van der Waals surface area contributed by atoms with E-state index in [1.54, 1.807) is 13.3 Å². The van der Waals surface area contributed by atoms with Gasteiger partial charge in [0.05, 0.1) is 24.6 Å². The van der Waals surface area contributed by atoms with E-state index in [0.29, 0.717) is 12.1 Å². The first-order chi connectivity index (χ1) is 12.7. The molecule has 0 bridgehead atoms. The van der Waals surface area contributed by atoms with Crippen LogP contribution in [0.1, 0.15) is 22.8 Å². The zero-order valence-electron chi connectivity index (χ0n) is 15.4. The molecule has 6 nitrogen and oxygen atoms in total. The lowest BCUT2D eigenvalue weighted by Crippen LogP contribution is -2.46. The summed E-state index contributed by atoms with van der Waals surface area (Å²) in [5, 5.41) is 2.95. The number of carbonyl (C=O) groups is 1. The van der Waals surface area contributed by atoms with E-state index >= 15 is 0 Å². The number of hydrogen-bond donors (Lipinski definition) is 1. The molecule has 2 heterocycles. The van der Waals surface area contributed by atoms with E-state index in [9.17, 15) is 4.79 Å². The van der Waals surface area contributed by atoms with Crippen LogP contribution in [0.3, 0.4) is 0 Å². The lowest BCUT2D eigenvalue weighted by molar-refractivity contribution is 0.0950. The zero-order valence-corrected chi connectivity index (χ0v) is 15.4. The van der Waals surface area contributed by atoms with Crippen LogP contribution in [0.25, 0.3) is 0 Å². The van der Waals surface area contributed by atoms with Crippen molar-refractivity contribution in [2.24, 2.45) is 0 Å². The van der Waals surface area contributed by atoms with Crippen LogP contribution in [0.2, 0.25) is 0 Å². The first kappa shape index (κ1) is 18.2. The molecule has 1 aromatic carbocycles. The van der Waals surface area contributed by atoms with Gasteiger partial charge in [-0.3, -0.25) is 9.78 Å². The van der Waals surface area contributed by atoms with Gasteiger partial charge in [-0.25, -0.2) is 0 Å². The highest BCUT2D eigenvalue weighted by atomic mass is 16.5. The molecule has 1 N–H and O–H groups in total. The Morgan fingerprint density at radius 3 is 2.54 bits per heavy atom. The van der Waals surface area contributed by atoms with Crippen LogP contribution in [0.4, 0.5) is 5.69 Å². The van der Waals surface area contributed by atoms with E-state index in [2.05, 4.69) is 27.0 Å². The second-order valence-electron chi connectivity index (χ2n) is 6.38. The van der Waals surface area contributed by atoms with Crippen molar-refractivity contribution in [1.29, 1.82) is 0 Å². The Bertz CT molecular complexity index is 725. The fraction of sp³-hybridized carbons (Fsp3) is 0.400. The molecule has 3 rings (SSSR count). The molecule has 1 amide bonds. The molecule has 0 atom stereocenters. The highest BCUT2D eigenvalue weighted by Crippen LogP contribution is 2.17. The third-order valence-electron chi connectivity index (χ3n) is 4.78. The average molecular weight is 354 g/mol. The molecule has 138 valence electrons. The Balaban J connectivity index is 1.59. The van der Waals surface area contributed by atoms with Gasteiger partial charge in [-0.05, 0) is 30.3 Å². The number of aromatic nitrogens is 1. The third kappa shape index (κ3) is 4.52. The summed E-state index contributed by atoms with van der Waals surface area (Å²) in [6, 6.07) is 9.60. The van der Waals surface area contributed by atoms with E-state index in [4.69, 9.17) is 4.74 Å². The number of nitrogens with one attached hydrogen (secondary N) is 1. The van der Waals surface area contributed by atoms with Gasteiger partial charge >= 0.3 is 0 Å².